The molecule has 0 aliphatic rings. The van der Waals surface area contributed by atoms with Crippen molar-refractivity contribution in [2.45, 2.75) is 12.5 Å². The molecule has 0 saturated carbocycles. The van der Waals surface area contributed by atoms with Gasteiger partial charge in [0.25, 0.3) is 0 Å². The fraction of sp³-hybridized carbons (Fsp3) is 0.364. The van der Waals surface area contributed by atoms with Crippen LogP contribution in [0.5, 0.6) is 5.75 Å². The van der Waals surface area contributed by atoms with Crippen molar-refractivity contribution >= 4 is 5.97 Å². The van der Waals surface area contributed by atoms with Crippen LogP contribution in [0.2, 0.25) is 0 Å². The number of esters is 1. The lowest BCUT2D eigenvalue weighted by Crippen LogP contribution is -2.43. The van der Waals surface area contributed by atoms with Crippen molar-refractivity contribution < 1.29 is 18.7 Å². The van der Waals surface area contributed by atoms with Gasteiger partial charge in [-0.2, -0.15) is 0 Å². The summed E-state index contributed by atoms with van der Waals surface area (Å²) in [6, 6.07) is 4.23. The Morgan fingerprint density at radius 3 is 2.56 bits per heavy atom. The number of rotatable bonds is 3. The third-order valence-corrected chi connectivity index (χ3v) is 2.32. The molecule has 0 aliphatic heterocycles. The molecule has 0 amide bonds. The van der Waals surface area contributed by atoms with E-state index in [9.17, 15) is 9.18 Å². The minimum atomic E-state index is -1.58. The number of benzene rings is 1. The van der Waals surface area contributed by atoms with E-state index in [4.69, 9.17) is 10.5 Å². The molecule has 0 aliphatic carbocycles. The highest BCUT2D eigenvalue weighted by molar-refractivity contribution is 5.82. The van der Waals surface area contributed by atoms with E-state index in [-0.39, 0.29) is 11.3 Å². The van der Waals surface area contributed by atoms with Crippen LogP contribution in [-0.4, -0.2) is 20.2 Å². The summed E-state index contributed by atoms with van der Waals surface area (Å²) < 4.78 is 23.2. The summed E-state index contributed by atoms with van der Waals surface area (Å²) in [4.78, 5) is 11.5. The Morgan fingerprint density at radius 1 is 1.44 bits per heavy atom. The van der Waals surface area contributed by atoms with Crippen molar-refractivity contribution in [2.24, 2.45) is 5.73 Å². The van der Waals surface area contributed by atoms with E-state index in [1.807, 2.05) is 0 Å². The normalized spacial score (nSPS) is 14.1. The van der Waals surface area contributed by atoms with Crippen LogP contribution in [0.4, 0.5) is 4.39 Å². The van der Waals surface area contributed by atoms with E-state index in [2.05, 4.69) is 4.74 Å². The molecular weight excluding hydrogens is 213 g/mol. The van der Waals surface area contributed by atoms with Crippen molar-refractivity contribution in [3.8, 4) is 5.75 Å². The number of halogens is 1. The molecule has 5 heteroatoms. The Balaban J connectivity index is 3.36. The molecule has 16 heavy (non-hydrogen) atoms. The standard InChI is InChI=1S/C11H14FNO3/c1-11(13,10(14)16-3)9-7(12)5-4-6-8(9)15-2/h4-6H,13H2,1-3H3. The van der Waals surface area contributed by atoms with Crippen LogP contribution in [0.25, 0.3) is 0 Å². The molecule has 88 valence electrons. The largest absolute Gasteiger partial charge is 0.496 e. The van der Waals surface area contributed by atoms with Crippen molar-refractivity contribution in [3.05, 3.63) is 29.6 Å². The van der Waals surface area contributed by atoms with Gasteiger partial charge >= 0.3 is 5.97 Å². The maximum Gasteiger partial charge on any atom is 0.330 e. The first-order chi connectivity index (χ1) is 7.45. The molecule has 0 heterocycles. The first-order valence-corrected chi connectivity index (χ1v) is 4.65. The first kappa shape index (κ1) is 12.4. The lowest BCUT2D eigenvalue weighted by atomic mass is 9.92. The number of ether oxygens (including phenoxy) is 2. The number of hydrogen-bond donors (Lipinski definition) is 1. The molecule has 0 spiro atoms. The molecule has 0 aromatic heterocycles. The molecule has 1 rings (SSSR count). The lowest BCUT2D eigenvalue weighted by Gasteiger charge is -2.24. The fourth-order valence-corrected chi connectivity index (χ4v) is 1.49. The minimum absolute atomic E-state index is 0.00986. The SMILES string of the molecule is COC(=O)C(C)(N)c1c(F)cccc1OC. The smallest absolute Gasteiger partial charge is 0.330 e. The van der Waals surface area contributed by atoms with Crippen LogP contribution in [0.3, 0.4) is 0 Å². The fourth-order valence-electron chi connectivity index (χ4n) is 1.49. The number of carbonyl (C=O) groups is 1. The zero-order valence-corrected chi connectivity index (χ0v) is 9.41. The highest BCUT2D eigenvalue weighted by atomic mass is 19.1. The van der Waals surface area contributed by atoms with Gasteiger partial charge in [-0.05, 0) is 19.1 Å². The highest BCUT2D eigenvalue weighted by Gasteiger charge is 2.37. The Morgan fingerprint density at radius 2 is 2.06 bits per heavy atom. The molecule has 0 bridgehead atoms. The molecule has 1 atom stereocenters. The maximum absolute atomic E-state index is 13.7. The molecule has 0 saturated heterocycles. The van der Waals surface area contributed by atoms with Crippen LogP contribution in [0.15, 0.2) is 18.2 Å². The van der Waals surface area contributed by atoms with Crippen LogP contribution in [0.1, 0.15) is 12.5 Å². The average molecular weight is 227 g/mol. The molecular formula is C11H14FNO3. The predicted octanol–water partition coefficient (Wildman–Crippen LogP) is 1.18. The van der Waals surface area contributed by atoms with Gasteiger partial charge in [0, 0.05) is 0 Å². The molecule has 1 aromatic rings. The van der Waals surface area contributed by atoms with Gasteiger partial charge in [-0.1, -0.05) is 6.07 Å². The summed E-state index contributed by atoms with van der Waals surface area (Å²) in [6.07, 6.45) is 0. The number of hydrogen-bond acceptors (Lipinski definition) is 4. The second-order valence-corrected chi connectivity index (χ2v) is 3.51. The lowest BCUT2D eigenvalue weighted by molar-refractivity contribution is -0.146. The molecule has 0 radical (unpaired) electrons. The Hall–Kier alpha value is -1.62. The van der Waals surface area contributed by atoms with Gasteiger partial charge in [-0.25, -0.2) is 9.18 Å². The van der Waals surface area contributed by atoms with E-state index >= 15 is 0 Å². The summed E-state index contributed by atoms with van der Waals surface area (Å²) in [7, 11) is 2.58. The molecule has 4 nitrogen and oxygen atoms in total. The third-order valence-electron chi connectivity index (χ3n) is 2.32. The van der Waals surface area contributed by atoms with Gasteiger partial charge < -0.3 is 15.2 Å². The summed E-state index contributed by atoms with van der Waals surface area (Å²) in [5.74, 6) is -1.11. The number of carbonyl (C=O) groups excluding carboxylic acids is 1. The molecule has 2 N–H and O–H groups in total. The maximum atomic E-state index is 13.7. The number of nitrogens with two attached hydrogens (primary N) is 1. The monoisotopic (exact) mass is 227 g/mol. The predicted molar refractivity (Wildman–Crippen MR) is 56.5 cm³/mol. The summed E-state index contributed by atoms with van der Waals surface area (Å²) in [6.45, 7) is 1.37. The van der Waals surface area contributed by atoms with Crippen LogP contribution in [0, 0.1) is 5.82 Å². The van der Waals surface area contributed by atoms with E-state index in [1.54, 1.807) is 0 Å². The van der Waals surface area contributed by atoms with E-state index in [0.29, 0.717) is 0 Å². The minimum Gasteiger partial charge on any atom is -0.496 e. The average Bonchev–Trinajstić information content (AvgIpc) is 2.26. The zero-order valence-electron chi connectivity index (χ0n) is 9.41. The molecule has 1 aromatic carbocycles. The highest BCUT2D eigenvalue weighted by Crippen LogP contribution is 2.31. The topological polar surface area (TPSA) is 61.5 Å². The second kappa shape index (κ2) is 4.49. The van der Waals surface area contributed by atoms with E-state index in [0.717, 1.165) is 0 Å². The van der Waals surface area contributed by atoms with Crippen molar-refractivity contribution in [2.75, 3.05) is 14.2 Å². The second-order valence-electron chi connectivity index (χ2n) is 3.51. The quantitative estimate of drug-likeness (QED) is 0.788. The zero-order chi connectivity index (χ0) is 12.3. The third kappa shape index (κ3) is 1.99. The van der Waals surface area contributed by atoms with E-state index in [1.165, 1.54) is 39.3 Å². The van der Waals surface area contributed by atoms with Gasteiger partial charge in [0.05, 0.1) is 19.8 Å². The Kier molecular flexibility index (Phi) is 3.49. The van der Waals surface area contributed by atoms with Crippen molar-refractivity contribution in [3.63, 3.8) is 0 Å². The van der Waals surface area contributed by atoms with Crippen LogP contribution in [-0.2, 0) is 15.1 Å². The van der Waals surface area contributed by atoms with Crippen LogP contribution >= 0.6 is 0 Å². The van der Waals surface area contributed by atoms with Crippen molar-refractivity contribution in [1.29, 1.82) is 0 Å². The Labute approximate surface area is 93.2 Å². The van der Waals surface area contributed by atoms with Crippen LogP contribution < -0.4 is 10.5 Å². The van der Waals surface area contributed by atoms with Gasteiger partial charge in [0.1, 0.15) is 17.1 Å². The summed E-state index contributed by atoms with van der Waals surface area (Å²) in [5.41, 5.74) is 4.19. The molecule has 0 fully saturated rings. The summed E-state index contributed by atoms with van der Waals surface area (Å²) >= 11 is 0. The van der Waals surface area contributed by atoms with Crippen molar-refractivity contribution in [1.82, 2.24) is 0 Å². The van der Waals surface area contributed by atoms with Gasteiger partial charge in [0.2, 0.25) is 0 Å². The molecule has 1 unspecified atom stereocenters. The van der Waals surface area contributed by atoms with Gasteiger partial charge in [-0.3, -0.25) is 0 Å². The van der Waals surface area contributed by atoms with E-state index < -0.39 is 17.3 Å². The summed E-state index contributed by atoms with van der Waals surface area (Å²) in [5, 5.41) is 0. The first-order valence-electron chi connectivity index (χ1n) is 4.65. The Bertz CT molecular complexity index is 404. The number of methoxy groups -OCH3 is 2. The van der Waals surface area contributed by atoms with Gasteiger partial charge in [0.15, 0.2) is 0 Å². The van der Waals surface area contributed by atoms with Gasteiger partial charge in [-0.15, -0.1) is 0 Å².